The van der Waals surface area contributed by atoms with E-state index in [2.05, 4.69) is 62.0 Å². The van der Waals surface area contributed by atoms with E-state index in [4.69, 9.17) is 16.3 Å². The summed E-state index contributed by atoms with van der Waals surface area (Å²) in [6.45, 7) is 1.67. The van der Waals surface area contributed by atoms with Crippen LogP contribution in [0.1, 0.15) is 11.1 Å². The van der Waals surface area contributed by atoms with E-state index in [9.17, 15) is 0 Å². The summed E-state index contributed by atoms with van der Waals surface area (Å²) in [5, 5.41) is 0.769. The maximum atomic E-state index is 6.06. The van der Waals surface area contributed by atoms with Gasteiger partial charge in [0, 0.05) is 21.5 Å². The number of benzene rings is 2. The molecule has 0 aliphatic carbocycles. The molecule has 1 atom stereocenters. The summed E-state index contributed by atoms with van der Waals surface area (Å²) in [6, 6.07) is 14.1. The molecule has 0 fully saturated rings. The minimum Gasteiger partial charge on any atom is -1.00 e. The van der Waals surface area contributed by atoms with Crippen molar-refractivity contribution in [2.75, 3.05) is 0 Å². The first-order chi connectivity index (χ1) is 11.7. The molecule has 0 spiro atoms. The molecule has 0 amide bonds. The summed E-state index contributed by atoms with van der Waals surface area (Å²) < 4.78 is 11.5. The summed E-state index contributed by atoms with van der Waals surface area (Å²) in [5.41, 5.74) is 2.46. The lowest BCUT2D eigenvalue weighted by Gasteiger charge is -2.07. The van der Waals surface area contributed by atoms with Crippen LogP contribution in [0.15, 0.2) is 65.7 Å². The molecule has 0 saturated carbocycles. The van der Waals surface area contributed by atoms with Gasteiger partial charge in [-0.05, 0) is 29.8 Å². The normalized spacial score (nSPS) is 15.4. The van der Waals surface area contributed by atoms with Crippen molar-refractivity contribution in [3.05, 3.63) is 81.8 Å². The van der Waals surface area contributed by atoms with Crippen LogP contribution in [0.5, 0.6) is 5.75 Å². The van der Waals surface area contributed by atoms with Crippen LogP contribution in [0.3, 0.4) is 0 Å². The van der Waals surface area contributed by atoms with E-state index in [1.807, 2.05) is 24.3 Å². The van der Waals surface area contributed by atoms with Crippen molar-refractivity contribution in [1.29, 1.82) is 0 Å². The summed E-state index contributed by atoms with van der Waals surface area (Å²) in [7, 11) is 0. The van der Waals surface area contributed by atoms with Gasteiger partial charge in [-0.2, -0.15) is 0 Å². The third-order valence-corrected chi connectivity index (χ3v) is 5.24. The van der Waals surface area contributed by atoms with E-state index in [1.54, 1.807) is 0 Å². The SMILES string of the molecule is Clc1ccc2c(c1)CC(Cn1cc[n+](Cc3ccccc3Br)c1)O2.[Br-]. The Labute approximate surface area is 171 Å². The van der Waals surface area contributed by atoms with Crippen LogP contribution in [0, 0.1) is 0 Å². The van der Waals surface area contributed by atoms with Gasteiger partial charge >= 0.3 is 0 Å². The number of hydrogen-bond acceptors (Lipinski definition) is 1. The molecule has 1 aromatic heterocycles. The quantitative estimate of drug-likeness (QED) is 0.510. The summed E-state index contributed by atoms with van der Waals surface area (Å²) in [5.74, 6) is 0.956. The third-order valence-electron chi connectivity index (χ3n) is 4.24. The predicted molar refractivity (Wildman–Crippen MR) is 97.4 cm³/mol. The van der Waals surface area contributed by atoms with E-state index in [0.717, 1.165) is 34.8 Å². The minimum atomic E-state index is 0. The predicted octanol–water partition coefficient (Wildman–Crippen LogP) is 1.25. The highest BCUT2D eigenvalue weighted by molar-refractivity contribution is 9.10. The van der Waals surface area contributed by atoms with E-state index >= 15 is 0 Å². The van der Waals surface area contributed by atoms with Crippen molar-refractivity contribution < 1.29 is 26.3 Å². The Balaban J connectivity index is 0.00000182. The second kappa shape index (κ2) is 7.94. The van der Waals surface area contributed by atoms with Crippen molar-refractivity contribution in [1.82, 2.24) is 4.57 Å². The second-order valence-corrected chi connectivity index (χ2v) is 7.36. The Morgan fingerprint density at radius 3 is 2.92 bits per heavy atom. The number of hydrogen-bond donors (Lipinski definition) is 0. The van der Waals surface area contributed by atoms with Gasteiger partial charge in [-0.1, -0.05) is 45.7 Å². The highest BCUT2D eigenvalue weighted by atomic mass is 79.9. The number of rotatable bonds is 4. The molecule has 4 rings (SSSR count). The Morgan fingerprint density at radius 2 is 2.08 bits per heavy atom. The van der Waals surface area contributed by atoms with Gasteiger partial charge in [0.05, 0.1) is 0 Å². The number of nitrogens with zero attached hydrogens (tertiary/aromatic N) is 2. The van der Waals surface area contributed by atoms with Gasteiger partial charge in [0.25, 0.3) is 0 Å². The summed E-state index contributed by atoms with van der Waals surface area (Å²) in [4.78, 5) is 0. The average Bonchev–Trinajstić information content (AvgIpc) is 3.16. The zero-order valence-corrected chi connectivity index (χ0v) is 17.3. The maximum absolute atomic E-state index is 6.06. The van der Waals surface area contributed by atoms with Crippen LogP contribution in [-0.2, 0) is 19.5 Å². The first-order valence-electron chi connectivity index (χ1n) is 7.91. The lowest BCUT2D eigenvalue weighted by atomic mass is 10.1. The van der Waals surface area contributed by atoms with Gasteiger partial charge < -0.3 is 21.7 Å². The molecule has 25 heavy (non-hydrogen) atoms. The molecular formula is C19H17Br2ClN2O. The fourth-order valence-corrected chi connectivity index (χ4v) is 3.69. The Kier molecular flexibility index (Phi) is 5.87. The molecule has 2 aromatic carbocycles. The first-order valence-corrected chi connectivity index (χ1v) is 9.08. The molecule has 6 heteroatoms. The van der Waals surface area contributed by atoms with Crippen LogP contribution in [0.2, 0.25) is 5.02 Å². The van der Waals surface area contributed by atoms with E-state index in [0.29, 0.717) is 0 Å². The lowest BCUT2D eigenvalue weighted by Crippen LogP contribution is -3.00. The molecule has 0 radical (unpaired) electrons. The van der Waals surface area contributed by atoms with Crippen molar-refractivity contribution in [3.63, 3.8) is 0 Å². The van der Waals surface area contributed by atoms with Crippen molar-refractivity contribution in [3.8, 4) is 5.75 Å². The zero-order chi connectivity index (χ0) is 16.5. The van der Waals surface area contributed by atoms with Gasteiger partial charge in [0.15, 0.2) is 0 Å². The Hall–Kier alpha value is -1.30. The summed E-state index contributed by atoms with van der Waals surface area (Å²) >= 11 is 9.66. The van der Waals surface area contributed by atoms with Gasteiger partial charge in [0.2, 0.25) is 6.33 Å². The smallest absolute Gasteiger partial charge is 0.244 e. The molecule has 1 aliphatic heterocycles. The number of fused-ring (bicyclic) bond motifs is 1. The molecule has 3 nitrogen and oxygen atoms in total. The van der Waals surface area contributed by atoms with Crippen LogP contribution < -0.4 is 26.3 Å². The van der Waals surface area contributed by atoms with Crippen LogP contribution in [0.25, 0.3) is 0 Å². The van der Waals surface area contributed by atoms with Gasteiger partial charge in [-0.15, -0.1) is 0 Å². The van der Waals surface area contributed by atoms with Crippen molar-refractivity contribution in [2.24, 2.45) is 0 Å². The average molecular weight is 485 g/mol. The highest BCUT2D eigenvalue weighted by Gasteiger charge is 2.25. The lowest BCUT2D eigenvalue weighted by molar-refractivity contribution is -0.688. The van der Waals surface area contributed by atoms with Gasteiger partial charge in [-0.3, -0.25) is 0 Å². The highest BCUT2D eigenvalue weighted by Crippen LogP contribution is 2.31. The van der Waals surface area contributed by atoms with Crippen LogP contribution in [0.4, 0.5) is 0 Å². The maximum Gasteiger partial charge on any atom is 0.244 e. The van der Waals surface area contributed by atoms with Crippen molar-refractivity contribution in [2.45, 2.75) is 25.6 Å². The standard InChI is InChI=1S/C19H17BrClN2O.BrH/c20-18-4-2-1-3-14(18)11-22-7-8-23(13-22)12-17-10-15-9-16(21)5-6-19(15)24-17;/h1-9,13,17H,10-12H2;1H/q+1;/p-1. The monoisotopic (exact) mass is 482 g/mol. The van der Waals surface area contributed by atoms with Crippen molar-refractivity contribution >= 4 is 27.5 Å². The molecule has 2 heterocycles. The zero-order valence-electron chi connectivity index (χ0n) is 13.4. The fourth-order valence-electron chi connectivity index (χ4n) is 3.09. The molecule has 1 unspecified atom stereocenters. The van der Waals surface area contributed by atoms with E-state index in [-0.39, 0.29) is 23.1 Å². The third kappa shape index (κ3) is 4.27. The molecule has 0 N–H and O–H groups in total. The molecule has 0 bridgehead atoms. The summed E-state index contributed by atoms with van der Waals surface area (Å²) in [6.07, 6.45) is 7.37. The van der Waals surface area contributed by atoms with E-state index in [1.165, 1.54) is 11.1 Å². The molecule has 130 valence electrons. The first kappa shape index (κ1) is 18.5. The molecular weight excluding hydrogens is 467 g/mol. The second-order valence-electron chi connectivity index (χ2n) is 6.07. The Bertz CT molecular complexity index is 881. The van der Waals surface area contributed by atoms with Gasteiger partial charge in [0.1, 0.15) is 37.3 Å². The fraction of sp³-hybridized carbons (Fsp3) is 0.211. The number of aromatic nitrogens is 2. The number of imidazole rings is 1. The number of halogens is 3. The molecule has 3 aromatic rings. The van der Waals surface area contributed by atoms with Crippen LogP contribution >= 0.6 is 27.5 Å². The van der Waals surface area contributed by atoms with Gasteiger partial charge in [-0.25, -0.2) is 9.13 Å². The topological polar surface area (TPSA) is 18.0 Å². The Morgan fingerprint density at radius 1 is 1.24 bits per heavy atom. The largest absolute Gasteiger partial charge is 1.00 e. The van der Waals surface area contributed by atoms with Crippen LogP contribution in [-0.4, -0.2) is 10.7 Å². The van der Waals surface area contributed by atoms with E-state index < -0.39 is 0 Å². The minimum absolute atomic E-state index is 0. The number of ether oxygens (including phenoxy) is 1. The molecule has 0 saturated heterocycles. The molecule has 1 aliphatic rings.